The zero-order valence-electron chi connectivity index (χ0n) is 21.5. The van der Waals surface area contributed by atoms with Crippen molar-refractivity contribution in [2.24, 2.45) is 7.05 Å². The van der Waals surface area contributed by atoms with Gasteiger partial charge in [-0.1, -0.05) is 42.5 Å². The van der Waals surface area contributed by atoms with Crippen molar-refractivity contribution in [2.45, 2.75) is 32.5 Å². The molecular formula is C30H31N3O4. The van der Waals surface area contributed by atoms with Crippen molar-refractivity contribution in [3.63, 3.8) is 0 Å². The number of amides is 2. The maximum Gasteiger partial charge on any atom is 0.272 e. The Labute approximate surface area is 216 Å². The molecule has 7 nitrogen and oxygen atoms in total. The highest BCUT2D eigenvalue weighted by atomic mass is 16.5. The van der Waals surface area contributed by atoms with E-state index in [0.717, 1.165) is 39.1 Å². The van der Waals surface area contributed by atoms with Gasteiger partial charge in [0.1, 0.15) is 23.7 Å². The van der Waals surface area contributed by atoms with E-state index in [4.69, 9.17) is 9.47 Å². The number of aromatic nitrogens is 1. The van der Waals surface area contributed by atoms with E-state index in [1.165, 1.54) is 0 Å². The molecule has 0 saturated carbocycles. The summed E-state index contributed by atoms with van der Waals surface area (Å²) in [7, 11) is 3.53. The molecule has 37 heavy (non-hydrogen) atoms. The summed E-state index contributed by atoms with van der Waals surface area (Å²) in [5.74, 6) is 1.16. The minimum absolute atomic E-state index is 0.0485. The number of hydrogen-bond acceptors (Lipinski definition) is 4. The minimum Gasteiger partial charge on any atom is -0.497 e. The number of rotatable bonds is 8. The molecule has 190 valence electrons. The van der Waals surface area contributed by atoms with Crippen LogP contribution >= 0.6 is 0 Å². The second-order valence-corrected chi connectivity index (χ2v) is 9.53. The molecule has 1 aliphatic rings. The van der Waals surface area contributed by atoms with Crippen LogP contribution in [-0.2, 0) is 18.4 Å². The fourth-order valence-electron chi connectivity index (χ4n) is 5.03. The van der Waals surface area contributed by atoms with E-state index in [-0.39, 0.29) is 30.5 Å². The van der Waals surface area contributed by atoms with Crippen LogP contribution in [0, 0.1) is 0 Å². The third kappa shape index (κ3) is 4.65. The molecule has 2 heterocycles. The van der Waals surface area contributed by atoms with Crippen molar-refractivity contribution in [2.75, 3.05) is 13.7 Å². The fraction of sp³-hybridized carbons (Fsp3) is 0.267. The van der Waals surface area contributed by atoms with Crippen LogP contribution in [0.15, 0.2) is 72.8 Å². The Kier molecular flexibility index (Phi) is 6.61. The van der Waals surface area contributed by atoms with E-state index < -0.39 is 0 Å². The molecule has 3 aromatic carbocycles. The van der Waals surface area contributed by atoms with E-state index in [1.807, 2.05) is 98.3 Å². The molecule has 5 rings (SSSR count). The van der Waals surface area contributed by atoms with E-state index in [1.54, 1.807) is 12.0 Å². The van der Waals surface area contributed by atoms with Crippen molar-refractivity contribution in [1.29, 1.82) is 0 Å². The summed E-state index contributed by atoms with van der Waals surface area (Å²) >= 11 is 0. The molecule has 2 amide bonds. The van der Waals surface area contributed by atoms with Gasteiger partial charge in [-0.05, 0) is 55.3 Å². The Hall–Kier alpha value is -4.26. The van der Waals surface area contributed by atoms with Crippen molar-refractivity contribution >= 4 is 22.7 Å². The summed E-state index contributed by atoms with van der Waals surface area (Å²) < 4.78 is 12.9. The normalized spacial score (nSPS) is 14.8. The Balaban J connectivity index is 1.40. The lowest BCUT2D eigenvalue weighted by atomic mass is 9.98. The third-order valence-corrected chi connectivity index (χ3v) is 6.72. The number of aryl methyl sites for hydroxylation is 1. The van der Waals surface area contributed by atoms with Crippen LogP contribution in [0.5, 0.6) is 11.5 Å². The third-order valence-electron chi connectivity index (χ3n) is 6.72. The molecule has 0 unspecified atom stereocenters. The molecule has 7 heteroatoms. The van der Waals surface area contributed by atoms with E-state index in [2.05, 4.69) is 5.32 Å². The number of methoxy groups -OCH3 is 1. The molecule has 1 aromatic heterocycles. The summed E-state index contributed by atoms with van der Waals surface area (Å²) in [6.07, 6.45) is 0.100. The number of para-hydroxylation sites is 1. The predicted octanol–water partition coefficient (Wildman–Crippen LogP) is 4.84. The van der Waals surface area contributed by atoms with Crippen LogP contribution in [0.4, 0.5) is 0 Å². The summed E-state index contributed by atoms with van der Waals surface area (Å²) in [6.45, 7) is 4.28. The van der Waals surface area contributed by atoms with Crippen molar-refractivity contribution < 1.29 is 19.1 Å². The van der Waals surface area contributed by atoms with Gasteiger partial charge in [0, 0.05) is 30.1 Å². The molecule has 1 atom stereocenters. The quantitative estimate of drug-likeness (QED) is 0.378. The maximum atomic E-state index is 13.7. The lowest BCUT2D eigenvalue weighted by Gasteiger charge is -2.26. The van der Waals surface area contributed by atoms with Crippen LogP contribution in [-0.4, -0.2) is 41.0 Å². The first-order valence-corrected chi connectivity index (χ1v) is 12.4. The fourth-order valence-corrected chi connectivity index (χ4v) is 5.03. The van der Waals surface area contributed by atoms with Gasteiger partial charge < -0.3 is 24.3 Å². The first-order valence-electron chi connectivity index (χ1n) is 12.4. The molecule has 0 spiro atoms. The molecule has 0 radical (unpaired) electrons. The summed E-state index contributed by atoms with van der Waals surface area (Å²) in [6, 6.07) is 23.0. The van der Waals surface area contributed by atoms with Gasteiger partial charge >= 0.3 is 0 Å². The van der Waals surface area contributed by atoms with Gasteiger partial charge in [0.05, 0.1) is 19.3 Å². The number of nitrogens with one attached hydrogen (secondary N) is 1. The van der Waals surface area contributed by atoms with E-state index in [9.17, 15) is 9.59 Å². The van der Waals surface area contributed by atoms with Gasteiger partial charge in [0.25, 0.3) is 5.91 Å². The second-order valence-electron chi connectivity index (χ2n) is 9.53. The predicted molar refractivity (Wildman–Crippen MR) is 143 cm³/mol. The molecule has 1 N–H and O–H groups in total. The molecule has 4 aromatic rings. The topological polar surface area (TPSA) is 72.8 Å². The van der Waals surface area contributed by atoms with Gasteiger partial charge in [-0.25, -0.2) is 0 Å². The van der Waals surface area contributed by atoms with Gasteiger partial charge in [-0.15, -0.1) is 0 Å². The number of carbonyl (C=O) groups excluding carboxylic acids is 2. The zero-order valence-corrected chi connectivity index (χ0v) is 21.5. The number of nitrogens with zero attached hydrogens (tertiary/aromatic N) is 2. The summed E-state index contributed by atoms with van der Waals surface area (Å²) in [5.41, 5.74) is 4.43. The van der Waals surface area contributed by atoms with Crippen LogP contribution in [0.3, 0.4) is 0 Å². The number of hydrogen-bond donors (Lipinski definition) is 1. The molecule has 0 aliphatic carbocycles. The van der Waals surface area contributed by atoms with Crippen molar-refractivity contribution in [3.05, 3.63) is 95.2 Å². The zero-order chi connectivity index (χ0) is 26.1. The van der Waals surface area contributed by atoms with Crippen LogP contribution in [0.1, 0.15) is 47.1 Å². The number of benzene rings is 3. The highest BCUT2D eigenvalue weighted by molar-refractivity contribution is 6.07. The van der Waals surface area contributed by atoms with Crippen LogP contribution in [0.25, 0.3) is 10.9 Å². The second kappa shape index (κ2) is 10.0. The molecule has 1 aliphatic heterocycles. The first kappa shape index (κ1) is 24.4. The Morgan fingerprint density at radius 3 is 2.32 bits per heavy atom. The van der Waals surface area contributed by atoms with Gasteiger partial charge in [-0.2, -0.15) is 0 Å². The van der Waals surface area contributed by atoms with Crippen LogP contribution < -0.4 is 14.8 Å². The van der Waals surface area contributed by atoms with E-state index in [0.29, 0.717) is 12.2 Å². The summed E-state index contributed by atoms with van der Waals surface area (Å²) in [5, 5.41) is 3.98. The molecule has 0 fully saturated rings. The largest absolute Gasteiger partial charge is 0.497 e. The Morgan fingerprint density at radius 2 is 1.65 bits per heavy atom. The Morgan fingerprint density at radius 1 is 0.973 bits per heavy atom. The standard InChI is InChI=1S/C30H31N3O4/c1-19(2)37-23-13-9-20(10-14-23)17-31-26(34)18-33-28(21-11-15-22(36-4)16-12-21)27-24-7-5-6-8-25(24)32(3)29(27)30(33)35/h5-16,19,28H,17-18H2,1-4H3,(H,31,34)/t28-/m1/s1. The van der Waals surface area contributed by atoms with Gasteiger partial charge in [0.2, 0.25) is 5.91 Å². The molecule has 0 bridgehead atoms. The first-order chi connectivity index (χ1) is 17.9. The smallest absolute Gasteiger partial charge is 0.272 e. The number of carbonyl (C=O) groups is 2. The lowest BCUT2D eigenvalue weighted by molar-refractivity contribution is -0.122. The maximum absolute atomic E-state index is 13.7. The minimum atomic E-state index is -0.377. The summed E-state index contributed by atoms with van der Waals surface area (Å²) in [4.78, 5) is 28.4. The number of fused-ring (bicyclic) bond motifs is 3. The monoisotopic (exact) mass is 497 g/mol. The SMILES string of the molecule is COc1ccc([C@@H]2c3c(n(C)c4ccccc34)C(=O)N2CC(=O)NCc2ccc(OC(C)C)cc2)cc1. The molecule has 0 saturated heterocycles. The molecular weight excluding hydrogens is 466 g/mol. The highest BCUT2D eigenvalue weighted by Gasteiger charge is 2.42. The van der Waals surface area contributed by atoms with E-state index >= 15 is 0 Å². The average molecular weight is 498 g/mol. The Bertz CT molecular complexity index is 1440. The highest BCUT2D eigenvalue weighted by Crippen LogP contribution is 2.44. The van der Waals surface area contributed by atoms with Crippen molar-refractivity contribution in [3.8, 4) is 11.5 Å². The number of ether oxygens (including phenoxy) is 2. The van der Waals surface area contributed by atoms with Crippen LogP contribution in [0.2, 0.25) is 0 Å². The van der Waals surface area contributed by atoms with Gasteiger partial charge in [0.15, 0.2) is 0 Å². The lowest BCUT2D eigenvalue weighted by Crippen LogP contribution is -2.39. The van der Waals surface area contributed by atoms with Gasteiger partial charge in [-0.3, -0.25) is 9.59 Å². The average Bonchev–Trinajstić information content (AvgIpc) is 3.35. The van der Waals surface area contributed by atoms with Crippen molar-refractivity contribution in [1.82, 2.24) is 14.8 Å².